The Kier molecular flexibility index (Phi) is 7.63. The lowest BCUT2D eigenvalue weighted by atomic mass is 10.1. The highest BCUT2D eigenvalue weighted by Gasteiger charge is 2.17. The number of hydrogen-bond donors (Lipinski definition) is 3. The predicted octanol–water partition coefficient (Wildman–Crippen LogP) is 7.19. The van der Waals surface area contributed by atoms with Gasteiger partial charge in [0.15, 0.2) is 11.6 Å². The summed E-state index contributed by atoms with van der Waals surface area (Å²) in [6.07, 6.45) is 4.63. The quantitative estimate of drug-likeness (QED) is 0.193. The molecule has 0 atom stereocenters. The van der Waals surface area contributed by atoms with E-state index in [-0.39, 0.29) is 12.3 Å². The van der Waals surface area contributed by atoms with E-state index >= 15 is 4.39 Å². The van der Waals surface area contributed by atoms with Crippen molar-refractivity contribution >= 4 is 22.9 Å². The van der Waals surface area contributed by atoms with E-state index in [0.29, 0.717) is 23.5 Å². The van der Waals surface area contributed by atoms with E-state index in [2.05, 4.69) is 37.7 Å². The Morgan fingerprint density at radius 2 is 1.73 bits per heavy atom. The summed E-state index contributed by atoms with van der Waals surface area (Å²) in [6.45, 7) is 6.10. The lowest BCUT2D eigenvalue weighted by Gasteiger charge is -2.19. The SMILES string of the molecule is CC(C)(C)OC(=O)NCc1ccc(Oc2ccnc3[nH]cc(-c4ccnc(NCc5ccccc5)c4)c23)c(F)c1. The molecular formula is C31H30FN5O3. The Hall–Kier alpha value is -4.92. The number of fused-ring (bicyclic) bond motifs is 1. The van der Waals surface area contributed by atoms with E-state index < -0.39 is 17.5 Å². The van der Waals surface area contributed by atoms with Crippen molar-refractivity contribution < 1.29 is 18.7 Å². The number of nitrogens with one attached hydrogen (secondary N) is 3. The average Bonchev–Trinajstić information content (AvgIpc) is 3.37. The molecule has 5 aromatic rings. The number of ether oxygens (including phenoxy) is 2. The van der Waals surface area contributed by atoms with Crippen LogP contribution >= 0.6 is 0 Å². The first kappa shape index (κ1) is 26.7. The van der Waals surface area contributed by atoms with E-state index in [0.717, 1.165) is 27.9 Å². The molecule has 0 saturated carbocycles. The average molecular weight is 540 g/mol. The molecule has 2 aromatic carbocycles. The number of halogens is 1. The highest BCUT2D eigenvalue weighted by atomic mass is 19.1. The van der Waals surface area contributed by atoms with E-state index in [4.69, 9.17) is 9.47 Å². The number of hydrogen-bond acceptors (Lipinski definition) is 6. The maximum absolute atomic E-state index is 15.0. The van der Waals surface area contributed by atoms with E-state index in [9.17, 15) is 4.79 Å². The van der Waals surface area contributed by atoms with Gasteiger partial charge in [0, 0.05) is 37.2 Å². The fourth-order valence-corrected chi connectivity index (χ4v) is 4.17. The van der Waals surface area contributed by atoms with Crippen molar-refractivity contribution in [2.75, 3.05) is 5.32 Å². The molecule has 0 aliphatic heterocycles. The molecule has 0 aliphatic carbocycles. The summed E-state index contributed by atoms with van der Waals surface area (Å²) in [5.74, 6) is 0.682. The first-order chi connectivity index (χ1) is 19.2. The van der Waals surface area contributed by atoms with Crippen molar-refractivity contribution in [3.05, 3.63) is 102 Å². The zero-order valence-corrected chi connectivity index (χ0v) is 22.5. The van der Waals surface area contributed by atoms with Crippen LogP contribution in [0.1, 0.15) is 31.9 Å². The molecule has 0 bridgehead atoms. The Balaban J connectivity index is 1.34. The number of nitrogens with zero attached hydrogens (tertiary/aromatic N) is 2. The third-order valence-electron chi connectivity index (χ3n) is 5.97. The minimum atomic E-state index is -0.615. The third kappa shape index (κ3) is 6.55. The van der Waals surface area contributed by atoms with E-state index in [1.54, 1.807) is 45.3 Å². The van der Waals surface area contributed by atoms with E-state index in [1.807, 2.05) is 36.5 Å². The molecule has 0 saturated heterocycles. The van der Waals surface area contributed by atoms with Crippen LogP contribution in [0.15, 0.2) is 85.3 Å². The van der Waals surface area contributed by atoms with Gasteiger partial charge in [0.1, 0.15) is 22.8 Å². The number of carbonyl (C=O) groups excluding carboxylic acids is 1. The number of aromatic nitrogens is 3. The second kappa shape index (κ2) is 11.4. The highest BCUT2D eigenvalue weighted by molar-refractivity contribution is 5.98. The number of carbonyl (C=O) groups is 1. The van der Waals surface area contributed by atoms with Gasteiger partial charge in [-0.3, -0.25) is 0 Å². The molecule has 0 radical (unpaired) electrons. The molecular weight excluding hydrogens is 509 g/mol. The number of anilines is 1. The summed E-state index contributed by atoms with van der Waals surface area (Å²) in [6, 6.07) is 20.2. The Labute approximate surface area is 231 Å². The Bertz CT molecular complexity index is 1630. The zero-order valence-electron chi connectivity index (χ0n) is 22.5. The summed E-state index contributed by atoms with van der Waals surface area (Å²) < 4.78 is 26.3. The summed E-state index contributed by atoms with van der Waals surface area (Å²) in [5.41, 5.74) is 3.47. The van der Waals surface area contributed by atoms with Crippen LogP contribution in [0.5, 0.6) is 11.5 Å². The van der Waals surface area contributed by atoms with Crippen LogP contribution in [0.4, 0.5) is 15.0 Å². The molecule has 5 rings (SSSR count). The second-order valence-electron chi connectivity index (χ2n) is 10.2. The smallest absolute Gasteiger partial charge is 0.407 e. The van der Waals surface area contributed by atoms with Gasteiger partial charge in [-0.05, 0) is 67.8 Å². The summed E-state index contributed by atoms with van der Waals surface area (Å²) >= 11 is 0. The minimum absolute atomic E-state index is 0.0561. The van der Waals surface area contributed by atoms with Gasteiger partial charge in [-0.1, -0.05) is 36.4 Å². The minimum Gasteiger partial charge on any atom is -0.453 e. The van der Waals surface area contributed by atoms with Crippen LogP contribution in [0, 0.1) is 5.82 Å². The summed E-state index contributed by atoms with van der Waals surface area (Å²) in [4.78, 5) is 24.0. The van der Waals surface area contributed by atoms with Gasteiger partial charge in [0.2, 0.25) is 0 Å². The van der Waals surface area contributed by atoms with Crippen LogP contribution in [0.25, 0.3) is 22.2 Å². The lowest BCUT2D eigenvalue weighted by molar-refractivity contribution is 0.0523. The zero-order chi connectivity index (χ0) is 28.1. The Morgan fingerprint density at radius 1 is 0.925 bits per heavy atom. The van der Waals surface area contributed by atoms with Crippen molar-refractivity contribution in [2.24, 2.45) is 0 Å². The molecule has 0 unspecified atom stereocenters. The first-order valence-electron chi connectivity index (χ1n) is 12.9. The van der Waals surface area contributed by atoms with Gasteiger partial charge in [0.25, 0.3) is 0 Å². The fraction of sp³-hybridized carbons (Fsp3) is 0.194. The maximum Gasteiger partial charge on any atom is 0.407 e. The van der Waals surface area contributed by atoms with Gasteiger partial charge in [-0.2, -0.15) is 0 Å². The molecule has 0 spiro atoms. The molecule has 3 heterocycles. The Morgan fingerprint density at radius 3 is 2.50 bits per heavy atom. The molecule has 40 heavy (non-hydrogen) atoms. The second-order valence-corrected chi connectivity index (χ2v) is 10.2. The fourth-order valence-electron chi connectivity index (χ4n) is 4.17. The number of rotatable bonds is 8. The monoisotopic (exact) mass is 539 g/mol. The normalized spacial score (nSPS) is 11.3. The first-order valence-corrected chi connectivity index (χ1v) is 12.9. The predicted molar refractivity (Wildman–Crippen MR) is 153 cm³/mol. The number of benzene rings is 2. The summed E-state index contributed by atoms with van der Waals surface area (Å²) in [7, 11) is 0. The maximum atomic E-state index is 15.0. The summed E-state index contributed by atoms with van der Waals surface area (Å²) in [5, 5.41) is 6.70. The lowest BCUT2D eigenvalue weighted by Crippen LogP contribution is -2.32. The number of pyridine rings is 2. The molecule has 204 valence electrons. The molecule has 0 aliphatic rings. The molecule has 1 amide bonds. The van der Waals surface area contributed by atoms with Crippen LogP contribution < -0.4 is 15.4 Å². The van der Waals surface area contributed by atoms with Crippen LogP contribution in [-0.2, 0) is 17.8 Å². The molecule has 3 aromatic heterocycles. The molecule has 0 fully saturated rings. The van der Waals surface area contributed by atoms with Crippen molar-refractivity contribution in [1.82, 2.24) is 20.3 Å². The van der Waals surface area contributed by atoms with Gasteiger partial charge >= 0.3 is 6.09 Å². The van der Waals surface area contributed by atoms with E-state index in [1.165, 1.54) is 12.1 Å². The van der Waals surface area contributed by atoms with Crippen molar-refractivity contribution in [3.8, 4) is 22.6 Å². The molecule has 8 nitrogen and oxygen atoms in total. The standard InChI is InChI=1S/C31H30FN5O3/c1-31(2,3)40-30(38)37-18-21-9-10-25(24(32)15-21)39-26-12-14-34-29-28(26)23(19-36-29)22-11-13-33-27(16-22)35-17-20-7-5-4-6-8-20/h4-16,19H,17-18H2,1-3H3,(H,33,35)(H,34,36)(H,37,38). The number of aromatic amines is 1. The van der Waals surface area contributed by atoms with Gasteiger partial charge in [0.05, 0.1) is 5.39 Å². The topological polar surface area (TPSA) is 101 Å². The highest BCUT2D eigenvalue weighted by Crippen LogP contribution is 2.37. The van der Waals surface area contributed by atoms with Crippen molar-refractivity contribution in [3.63, 3.8) is 0 Å². The largest absolute Gasteiger partial charge is 0.453 e. The number of alkyl carbamates (subject to hydrolysis) is 1. The molecule has 3 N–H and O–H groups in total. The molecule has 9 heteroatoms. The van der Waals surface area contributed by atoms with Crippen molar-refractivity contribution in [2.45, 2.75) is 39.5 Å². The number of H-pyrrole nitrogens is 1. The van der Waals surface area contributed by atoms with Gasteiger partial charge in [-0.25, -0.2) is 19.2 Å². The van der Waals surface area contributed by atoms with Gasteiger partial charge < -0.3 is 25.1 Å². The van der Waals surface area contributed by atoms with Crippen LogP contribution in [-0.4, -0.2) is 26.6 Å². The van der Waals surface area contributed by atoms with Crippen LogP contribution in [0.3, 0.4) is 0 Å². The third-order valence-corrected chi connectivity index (χ3v) is 5.97. The van der Waals surface area contributed by atoms with Gasteiger partial charge in [-0.15, -0.1) is 0 Å². The van der Waals surface area contributed by atoms with Crippen molar-refractivity contribution in [1.29, 1.82) is 0 Å². The number of amides is 1. The van der Waals surface area contributed by atoms with Crippen LogP contribution in [0.2, 0.25) is 0 Å².